The van der Waals surface area contributed by atoms with E-state index in [0.717, 1.165) is 17.0 Å². The first kappa shape index (κ1) is 8.10. The van der Waals surface area contributed by atoms with E-state index < -0.39 is 6.10 Å². The highest BCUT2D eigenvalue weighted by molar-refractivity contribution is 5.97. The second-order valence-corrected chi connectivity index (χ2v) is 3.25. The second-order valence-electron chi connectivity index (χ2n) is 3.25. The summed E-state index contributed by atoms with van der Waals surface area (Å²) in [4.78, 5) is 11.2. The Balaban J connectivity index is 2.42. The molecule has 1 aromatic rings. The van der Waals surface area contributed by atoms with Crippen molar-refractivity contribution < 1.29 is 9.53 Å². The van der Waals surface area contributed by atoms with Crippen LogP contribution in [0.2, 0.25) is 0 Å². The van der Waals surface area contributed by atoms with E-state index in [1.165, 1.54) is 0 Å². The minimum absolute atomic E-state index is 0.0867. The number of aryl methyl sites for hydroxylation is 1. The molecule has 0 aliphatic carbocycles. The van der Waals surface area contributed by atoms with Crippen molar-refractivity contribution >= 4 is 11.6 Å². The van der Waals surface area contributed by atoms with Crippen molar-refractivity contribution in [3.63, 3.8) is 0 Å². The second kappa shape index (κ2) is 2.76. The number of carbonyl (C=O) groups excluding carboxylic acids is 1. The number of benzene rings is 1. The van der Waals surface area contributed by atoms with E-state index in [-0.39, 0.29) is 5.91 Å². The smallest absolute Gasteiger partial charge is 0.265 e. The Bertz CT molecular complexity index is 360. The van der Waals surface area contributed by atoms with E-state index in [1.807, 2.05) is 25.1 Å². The molecular formula is C10H11NO2. The van der Waals surface area contributed by atoms with Gasteiger partial charge < -0.3 is 10.1 Å². The maximum atomic E-state index is 11.2. The zero-order valence-corrected chi connectivity index (χ0v) is 7.63. The molecule has 13 heavy (non-hydrogen) atoms. The number of amides is 1. The first-order chi connectivity index (χ1) is 6.16. The summed E-state index contributed by atoms with van der Waals surface area (Å²) in [5.41, 5.74) is 1.88. The van der Waals surface area contributed by atoms with Crippen molar-refractivity contribution in [2.24, 2.45) is 0 Å². The van der Waals surface area contributed by atoms with Crippen LogP contribution in [0.4, 0.5) is 5.69 Å². The van der Waals surface area contributed by atoms with Gasteiger partial charge in [0, 0.05) is 0 Å². The number of carbonyl (C=O) groups is 1. The predicted octanol–water partition coefficient (Wildman–Crippen LogP) is 1.71. The summed E-state index contributed by atoms with van der Waals surface area (Å²) in [6.07, 6.45) is -0.394. The van der Waals surface area contributed by atoms with Crippen LogP contribution < -0.4 is 10.1 Å². The molecule has 1 N–H and O–H groups in total. The van der Waals surface area contributed by atoms with Crippen LogP contribution in [-0.4, -0.2) is 12.0 Å². The third-order valence-corrected chi connectivity index (χ3v) is 2.07. The third-order valence-electron chi connectivity index (χ3n) is 2.07. The van der Waals surface area contributed by atoms with Crippen LogP contribution in [0.1, 0.15) is 12.5 Å². The molecule has 0 saturated heterocycles. The summed E-state index contributed by atoms with van der Waals surface area (Å²) in [6.45, 7) is 3.73. The molecule has 1 aliphatic heterocycles. The van der Waals surface area contributed by atoms with Crippen LogP contribution in [0, 0.1) is 6.92 Å². The van der Waals surface area contributed by atoms with Gasteiger partial charge in [-0.3, -0.25) is 4.79 Å². The van der Waals surface area contributed by atoms with E-state index in [4.69, 9.17) is 4.74 Å². The summed E-state index contributed by atoms with van der Waals surface area (Å²) in [5, 5.41) is 2.77. The first-order valence-corrected chi connectivity index (χ1v) is 4.25. The fraction of sp³-hybridized carbons (Fsp3) is 0.300. The molecule has 1 heterocycles. The van der Waals surface area contributed by atoms with Gasteiger partial charge >= 0.3 is 0 Å². The van der Waals surface area contributed by atoms with Gasteiger partial charge in [-0.25, -0.2) is 0 Å². The lowest BCUT2D eigenvalue weighted by atomic mass is 10.1. The highest BCUT2D eigenvalue weighted by Gasteiger charge is 2.22. The number of hydrogen-bond donors (Lipinski definition) is 1. The van der Waals surface area contributed by atoms with Gasteiger partial charge in [-0.2, -0.15) is 0 Å². The maximum absolute atomic E-state index is 11.2. The molecule has 0 aromatic heterocycles. The predicted molar refractivity (Wildman–Crippen MR) is 49.9 cm³/mol. The van der Waals surface area contributed by atoms with E-state index >= 15 is 0 Å². The monoisotopic (exact) mass is 177 g/mol. The van der Waals surface area contributed by atoms with E-state index in [9.17, 15) is 4.79 Å². The van der Waals surface area contributed by atoms with Gasteiger partial charge in [0.2, 0.25) is 0 Å². The van der Waals surface area contributed by atoms with Crippen LogP contribution in [0.15, 0.2) is 18.2 Å². The number of hydrogen-bond acceptors (Lipinski definition) is 2. The van der Waals surface area contributed by atoms with Crippen molar-refractivity contribution in [2.75, 3.05) is 5.32 Å². The van der Waals surface area contributed by atoms with Crippen molar-refractivity contribution in [3.8, 4) is 5.75 Å². The van der Waals surface area contributed by atoms with Gasteiger partial charge in [-0.1, -0.05) is 6.07 Å². The van der Waals surface area contributed by atoms with Gasteiger partial charge in [0.1, 0.15) is 5.75 Å². The average Bonchev–Trinajstić information content (AvgIpc) is 2.08. The molecule has 0 radical (unpaired) electrons. The molecule has 1 amide bonds. The summed E-state index contributed by atoms with van der Waals surface area (Å²) >= 11 is 0. The largest absolute Gasteiger partial charge is 0.479 e. The minimum Gasteiger partial charge on any atom is -0.479 e. The number of anilines is 1. The van der Waals surface area contributed by atoms with Crippen molar-refractivity contribution in [2.45, 2.75) is 20.0 Å². The molecule has 1 atom stereocenters. The van der Waals surface area contributed by atoms with Crippen LogP contribution in [0.25, 0.3) is 0 Å². The fourth-order valence-electron chi connectivity index (χ4n) is 1.31. The number of rotatable bonds is 0. The molecule has 0 fully saturated rings. The van der Waals surface area contributed by atoms with Gasteiger partial charge in [0.05, 0.1) is 5.69 Å². The van der Waals surface area contributed by atoms with Crippen molar-refractivity contribution in [3.05, 3.63) is 23.8 Å². The van der Waals surface area contributed by atoms with Crippen LogP contribution in [0.3, 0.4) is 0 Å². The topological polar surface area (TPSA) is 38.3 Å². The van der Waals surface area contributed by atoms with Crippen LogP contribution in [0.5, 0.6) is 5.75 Å². The average molecular weight is 177 g/mol. The van der Waals surface area contributed by atoms with Gasteiger partial charge in [0.25, 0.3) is 5.91 Å². The van der Waals surface area contributed by atoms with Gasteiger partial charge in [0.15, 0.2) is 6.10 Å². The number of ether oxygens (including phenoxy) is 1. The molecule has 1 aromatic carbocycles. The normalized spacial score (nSPS) is 20.2. The Morgan fingerprint density at radius 3 is 3.00 bits per heavy atom. The van der Waals surface area contributed by atoms with E-state index in [1.54, 1.807) is 6.92 Å². The maximum Gasteiger partial charge on any atom is 0.265 e. The Morgan fingerprint density at radius 2 is 2.23 bits per heavy atom. The molecule has 1 aliphatic rings. The Hall–Kier alpha value is -1.51. The summed E-state index contributed by atoms with van der Waals surface area (Å²) < 4.78 is 5.41. The molecule has 0 spiro atoms. The number of fused-ring (bicyclic) bond motifs is 1. The minimum atomic E-state index is -0.394. The Morgan fingerprint density at radius 1 is 1.46 bits per heavy atom. The highest BCUT2D eigenvalue weighted by atomic mass is 16.5. The first-order valence-electron chi connectivity index (χ1n) is 4.25. The summed E-state index contributed by atoms with van der Waals surface area (Å²) in [5.74, 6) is 0.670. The molecule has 3 nitrogen and oxygen atoms in total. The quantitative estimate of drug-likeness (QED) is 0.655. The SMILES string of the molecule is Cc1ccc2c(c1)O[C@@H](C)C(=O)N2. The summed E-state index contributed by atoms with van der Waals surface area (Å²) in [6, 6.07) is 5.72. The Kier molecular flexibility index (Phi) is 1.72. The molecular weight excluding hydrogens is 166 g/mol. The standard InChI is InChI=1S/C10H11NO2/c1-6-3-4-8-9(5-6)13-7(2)10(12)11-8/h3-5,7H,1-2H3,(H,11,12)/t7-/m0/s1. The molecule has 0 saturated carbocycles. The lowest BCUT2D eigenvalue weighted by Gasteiger charge is -2.23. The zero-order valence-electron chi connectivity index (χ0n) is 7.63. The lowest BCUT2D eigenvalue weighted by molar-refractivity contribution is -0.122. The molecule has 0 bridgehead atoms. The van der Waals surface area contributed by atoms with Crippen molar-refractivity contribution in [1.82, 2.24) is 0 Å². The fourth-order valence-corrected chi connectivity index (χ4v) is 1.31. The highest BCUT2D eigenvalue weighted by Crippen LogP contribution is 2.29. The molecule has 0 unspecified atom stereocenters. The van der Waals surface area contributed by atoms with Gasteiger partial charge in [-0.15, -0.1) is 0 Å². The van der Waals surface area contributed by atoms with Crippen LogP contribution in [-0.2, 0) is 4.79 Å². The Labute approximate surface area is 76.7 Å². The molecule has 3 heteroatoms. The molecule has 68 valence electrons. The lowest BCUT2D eigenvalue weighted by Crippen LogP contribution is -2.34. The van der Waals surface area contributed by atoms with Gasteiger partial charge in [-0.05, 0) is 31.5 Å². The van der Waals surface area contributed by atoms with E-state index in [2.05, 4.69) is 5.32 Å². The third kappa shape index (κ3) is 1.37. The number of nitrogens with one attached hydrogen (secondary N) is 1. The summed E-state index contributed by atoms with van der Waals surface area (Å²) in [7, 11) is 0. The zero-order chi connectivity index (χ0) is 9.42. The van der Waals surface area contributed by atoms with E-state index in [0.29, 0.717) is 0 Å². The molecule has 2 rings (SSSR count). The van der Waals surface area contributed by atoms with Crippen molar-refractivity contribution in [1.29, 1.82) is 0 Å². The van der Waals surface area contributed by atoms with Crippen LogP contribution >= 0.6 is 0 Å².